The molecule has 0 unspecified atom stereocenters. The Morgan fingerprint density at radius 1 is 0.652 bits per heavy atom. The molecule has 5 aromatic carbocycles. The van der Waals surface area contributed by atoms with Gasteiger partial charge in [0.1, 0.15) is 17.4 Å². The average Bonchev–Trinajstić information content (AvgIpc) is 3.69. The Labute approximate surface area is 279 Å². The number of imidazole rings is 1. The summed E-state index contributed by atoms with van der Waals surface area (Å²) in [5, 5.41) is 14.5. The number of aromatic nitrogens is 5. The van der Waals surface area contributed by atoms with Crippen LogP contribution in [-0.2, 0) is 28.1 Å². The van der Waals surface area contributed by atoms with Crippen molar-refractivity contribution >= 4 is 54.9 Å². The molecule has 0 amide bonds. The van der Waals surface area contributed by atoms with Gasteiger partial charge in [0.25, 0.3) is 5.82 Å². The summed E-state index contributed by atoms with van der Waals surface area (Å²) >= 11 is 0. The van der Waals surface area contributed by atoms with Gasteiger partial charge in [-0.25, -0.2) is 14.1 Å². The molecule has 0 aliphatic rings. The number of nitriles is 1. The van der Waals surface area contributed by atoms with E-state index in [1.54, 1.807) is 0 Å². The van der Waals surface area contributed by atoms with Gasteiger partial charge in [-0.15, -0.1) is 24.3 Å². The minimum atomic E-state index is 0. The molecule has 0 aliphatic carbocycles. The maximum absolute atomic E-state index is 10.8. The van der Waals surface area contributed by atoms with Crippen LogP contribution in [0.5, 0.6) is 0 Å². The summed E-state index contributed by atoms with van der Waals surface area (Å²) in [4.78, 5) is 5.41. The summed E-state index contributed by atoms with van der Waals surface area (Å²) in [5.41, 5.74) is 8.94. The third-order valence-corrected chi connectivity index (χ3v) is 9.00. The molecular weight excluding hydrogens is 748 g/mol. The van der Waals surface area contributed by atoms with Gasteiger partial charge in [-0.3, -0.25) is 0 Å². The van der Waals surface area contributed by atoms with E-state index in [4.69, 9.17) is 4.98 Å². The minimum Gasteiger partial charge on any atom is -0.318 e. The molecule has 46 heavy (non-hydrogen) atoms. The van der Waals surface area contributed by atoms with E-state index in [-0.39, 0.29) is 21.1 Å². The predicted molar refractivity (Wildman–Crippen MR) is 178 cm³/mol. The van der Waals surface area contributed by atoms with Crippen LogP contribution in [0.3, 0.4) is 0 Å². The molecule has 0 saturated heterocycles. The number of nitrogens with zero attached hydrogens (tertiary/aromatic N) is 6. The zero-order valence-electron chi connectivity index (χ0n) is 25.0. The molecule has 9 aromatic rings. The van der Waals surface area contributed by atoms with E-state index in [0.29, 0.717) is 11.2 Å². The second kappa shape index (κ2) is 10.5. The number of hydrogen-bond acceptors (Lipinski definition) is 2. The van der Waals surface area contributed by atoms with E-state index in [2.05, 4.69) is 117 Å². The van der Waals surface area contributed by atoms with Crippen LogP contribution in [0.25, 0.3) is 72.0 Å². The van der Waals surface area contributed by atoms with Gasteiger partial charge >= 0.3 is 21.1 Å². The number of para-hydroxylation sites is 5. The topological polar surface area (TPSA) is 55.4 Å². The van der Waals surface area contributed by atoms with E-state index < -0.39 is 0 Å². The van der Waals surface area contributed by atoms with Crippen molar-refractivity contribution in [2.75, 3.05) is 0 Å². The SMILES string of the molecule is Cc1n(-c2[c-]c(-n3c4ccccc4c4c(C#N)c5c6ccccc6n(-c6[c-]cccc6)c5nc43)ccc2)c2ccccc2[n+]1C.[Pt+2]. The fourth-order valence-electron chi connectivity index (χ4n) is 6.95. The normalized spacial score (nSPS) is 11.5. The first-order chi connectivity index (χ1) is 22.2. The van der Waals surface area contributed by atoms with Crippen LogP contribution < -0.4 is 4.57 Å². The number of hydrogen-bond donors (Lipinski definition) is 0. The summed E-state index contributed by atoms with van der Waals surface area (Å²) in [6.07, 6.45) is 0. The molecule has 9 rings (SSSR count). The summed E-state index contributed by atoms with van der Waals surface area (Å²) in [6, 6.07) is 48.7. The second-order valence-corrected chi connectivity index (χ2v) is 11.3. The Morgan fingerprint density at radius 3 is 1.83 bits per heavy atom. The Hall–Kier alpha value is -5.50. The van der Waals surface area contributed by atoms with Crippen molar-refractivity contribution in [3.05, 3.63) is 139 Å². The smallest absolute Gasteiger partial charge is 0.318 e. The quantitative estimate of drug-likeness (QED) is 0.136. The third-order valence-electron chi connectivity index (χ3n) is 9.00. The van der Waals surface area contributed by atoms with E-state index in [1.165, 1.54) is 0 Å². The zero-order chi connectivity index (χ0) is 30.2. The van der Waals surface area contributed by atoms with Gasteiger partial charge in [-0.1, -0.05) is 59.9 Å². The molecule has 0 saturated carbocycles. The van der Waals surface area contributed by atoms with Crippen molar-refractivity contribution in [3.8, 4) is 23.1 Å². The Balaban J connectivity index is 0.00000312. The first-order valence-electron chi connectivity index (χ1n) is 14.9. The summed E-state index contributed by atoms with van der Waals surface area (Å²) in [6.45, 7) is 2.12. The fraction of sp³-hybridized carbons (Fsp3) is 0.0513. The van der Waals surface area contributed by atoms with Gasteiger partial charge in [-0.05, 0) is 24.3 Å². The molecule has 0 spiro atoms. The molecule has 4 heterocycles. The van der Waals surface area contributed by atoms with Crippen LogP contribution in [0.2, 0.25) is 0 Å². The van der Waals surface area contributed by atoms with Crippen molar-refractivity contribution in [2.45, 2.75) is 6.92 Å². The van der Waals surface area contributed by atoms with E-state index >= 15 is 0 Å². The summed E-state index contributed by atoms with van der Waals surface area (Å²) in [5.74, 6) is 1.10. The Morgan fingerprint density at radius 2 is 1.20 bits per heavy atom. The number of pyridine rings is 1. The third kappa shape index (κ3) is 3.79. The van der Waals surface area contributed by atoms with Gasteiger partial charge in [0.15, 0.2) is 11.0 Å². The molecule has 0 N–H and O–H groups in total. The molecule has 7 heteroatoms. The van der Waals surface area contributed by atoms with Gasteiger partial charge in [0.05, 0.1) is 23.6 Å². The molecule has 220 valence electrons. The first-order valence-corrected chi connectivity index (χ1v) is 14.9. The summed E-state index contributed by atoms with van der Waals surface area (Å²) < 4.78 is 8.70. The van der Waals surface area contributed by atoms with Crippen molar-refractivity contribution in [1.82, 2.24) is 18.7 Å². The van der Waals surface area contributed by atoms with E-state index in [1.807, 2.05) is 48.5 Å². The predicted octanol–water partition coefficient (Wildman–Crippen LogP) is 7.82. The molecule has 0 radical (unpaired) electrons. The van der Waals surface area contributed by atoms with Gasteiger partial charge in [0, 0.05) is 34.2 Å². The number of aryl methyl sites for hydroxylation is 1. The van der Waals surface area contributed by atoms with E-state index in [9.17, 15) is 5.26 Å². The molecule has 0 fully saturated rings. The van der Waals surface area contributed by atoms with Crippen molar-refractivity contribution < 1.29 is 25.6 Å². The summed E-state index contributed by atoms with van der Waals surface area (Å²) in [7, 11) is 2.09. The molecule has 0 bridgehead atoms. The van der Waals surface area contributed by atoms with Crippen molar-refractivity contribution in [3.63, 3.8) is 0 Å². The van der Waals surface area contributed by atoms with Crippen LogP contribution in [-0.4, -0.2) is 18.7 Å². The minimum absolute atomic E-state index is 0. The average molecular weight is 773 g/mol. The Kier molecular flexibility index (Phi) is 6.42. The van der Waals surface area contributed by atoms with Crippen LogP contribution in [0.15, 0.2) is 115 Å². The van der Waals surface area contributed by atoms with Crippen molar-refractivity contribution in [1.29, 1.82) is 5.26 Å². The number of fused-ring (bicyclic) bond motifs is 7. The second-order valence-electron chi connectivity index (χ2n) is 11.3. The van der Waals surface area contributed by atoms with E-state index in [0.717, 1.165) is 72.1 Å². The zero-order valence-corrected chi connectivity index (χ0v) is 27.2. The largest absolute Gasteiger partial charge is 2.00 e. The molecule has 4 aromatic heterocycles. The van der Waals surface area contributed by atoms with Crippen LogP contribution in [0.1, 0.15) is 11.4 Å². The number of rotatable bonds is 3. The van der Waals surface area contributed by atoms with Crippen LogP contribution in [0, 0.1) is 30.4 Å². The molecule has 0 atom stereocenters. The monoisotopic (exact) mass is 772 g/mol. The van der Waals surface area contributed by atoms with Crippen LogP contribution >= 0.6 is 0 Å². The molecule has 6 nitrogen and oxygen atoms in total. The maximum atomic E-state index is 10.8. The molecular formula is C39H25N6Pt+. The Bertz CT molecular complexity index is 2690. The first kappa shape index (κ1) is 28.0. The fourth-order valence-corrected chi connectivity index (χ4v) is 6.95. The van der Waals surface area contributed by atoms with Gasteiger partial charge in [0.2, 0.25) is 0 Å². The van der Waals surface area contributed by atoms with Crippen LogP contribution in [0.4, 0.5) is 0 Å². The number of benzene rings is 5. The van der Waals surface area contributed by atoms with Gasteiger partial charge < -0.3 is 9.13 Å². The maximum Gasteiger partial charge on any atom is 2.00 e. The standard InChI is InChI=1S/C39H25N6.Pt/c1-25-42(2)34-21-10-11-22-35(34)43(25)27-15-12-16-28(23-27)45-33-20-9-7-18-30(33)37-31(24-40)36-29-17-6-8-19-32(29)44(38(36)41-39(37)45)26-13-4-3-5-14-26;/h3-13,15-22H,1-2H3;/q-1;+2. The molecule has 0 aliphatic heterocycles. The van der Waals surface area contributed by atoms with Crippen molar-refractivity contribution in [2.24, 2.45) is 7.05 Å². The van der Waals surface area contributed by atoms with Gasteiger partial charge in [-0.2, -0.15) is 35.6 Å².